The lowest BCUT2D eigenvalue weighted by atomic mass is 10.2. The Kier molecular flexibility index (Phi) is 4.77. The lowest BCUT2D eigenvalue weighted by molar-refractivity contribution is -0.141. The largest absolute Gasteiger partial charge is 0.473 e. The molecule has 3 aliphatic rings. The van der Waals surface area contributed by atoms with Gasteiger partial charge in [0.1, 0.15) is 23.9 Å². The van der Waals surface area contributed by atoms with Gasteiger partial charge in [0.2, 0.25) is 5.88 Å². The first-order valence-electron chi connectivity index (χ1n) is 10.9. The highest BCUT2D eigenvalue weighted by Crippen LogP contribution is 2.53. The fourth-order valence-corrected chi connectivity index (χ4v) is 4.91. The van der Waals surface area contributed by atoms with Crippen LogP contribution in [0.5, 0.6) is 17.4 Å². The normalized spacial score (nSPS) is 22.0. The summed E-state index contributed by atoms with van der Waals surface area (Å²) in [5.74, 6) is -1.49. The van der Waals surface area contributed by atoms with Gasteiger partial charge in [0.15, 0.2) is 17.4 Å². The predicted molar refractivity (Wildman–Crippen MR) is 111 cm³/mol. The van der Waals surface area contributed by atoms with Crippen molar-refractivity contribution in [3.8, 4) is 17.4 Å². The molecule has 3 aromatic rings. The van der Waals surface area contributed by atoms with E-state index in [1.165, 1.54) is 6.42 Å². The van der Waals surface area contributed by atoms with Crippen molar-refractivity contribution in [3.05, 3.63) is 69.9 Å². The van der Waals surface area contributed by atoms with Gasteiger partial charge in [-0.05, 0) is 42.0 Å². The van der Waals surface area contributed by atoms with E-state index in [0.717, 1.165) is 36.8 Å². The number of piperidine rings is 1. The van der Waals surface area contributed by atoms with E-state index in [1.54, 1.807) is 10.6 Å². The Morgan fingerprint density at radius 1 is 1.09 bits per heavy atom. The molecule has 1 saturated heterocycles. The van der Waals surface area contributed by atoms with Crippen molar-refractivity contribution in [2.45, 2.75) is 31.8 Å². The lowest BCUT2D eigenvalue weighted by Gasteiger charge is -2.20. The summed E-state index contributed by atoms with van der Waals surface area (Å²) in [6, 6.07) is 5.43. The molecule has 12 heteroatoms. The van der Waals surface area contributed by atoms with E-state index in [1.807, 2.05) is 0 Å². The van der Waals surface area contributed by atoms with Crippen LogP contribution in [0.1, 0.15) is 17.7 Å². The number of alkyl halides is 3. The molecule has 4 heterocycles. The van der Waals surface area contributed by atoms with Gasteiger partial charge >= 0.3 is 11.9 Å². The molecule has 1 aromatic carbocycles. The van der Waals surface area contributed by atoms with Crippen molar-refractivity contribution in [3.63, 3.8) is 0 Å². The Balaban J connectivity index is 1.18. The third kappa shape index (κ3) is 3.86. The second kappa shape index (κ2) is 7.65. The molecule has 0 bridgehead atoms. The smallest absolute Gasteiger partial charge is 0.433 e. The summed E-state index contributed by atoms with van der Waals surface area (Å²) in [5, 5.41) is 0. The number of hydrogen-bond donors (Lipinski definition) is 0. The Hall–Kier alpha value is -3.70. The van der Waals surface area contributed by atoms with Crippen LogP contribution < -0.4 is 20.1 Å². The molecule has 1 aliphatic carbocycles. The second-order valence-electron chi connectivity index (χ2n) is 8.88. The Morgan fingerprint density at radius 3 is 2.60 bits per heavy atom. The zero-order valence-electron chi connectivity index (χ0n) is 17.9. The van der Waals surface area contributed by atoms with Gasteiger partial charge < -0.3 is 14.4 Å². The van der Waals surface area contributed by atoms with Crippen molar-refractivity contribution in [1.29, 1.82) is 0 Å². The molecule has 7 nitrogen and oxygen atoms in total. The molecule has 6 rings (SSSR count). The zero-order chi connectivity index (χ0) is 24.5. The van der Waals surface area contributed by atoms with Crippen LogP contribution in [-0.4, -0.2) is 27.1 Å². The van der Waals surface area contributed by atoms with Crippen molar-refractivity contribution >= 4 is 5.82 Å². The molecule has 2 aromatic heterocycles. The standard InChI is InChI=1S/C23H17F5N4O3/c24-15-3-11(4-16(25)21(15)35-13-1-2-29-18(6-13)23(26,27)28)10-34-19-7-20-31-8-12-5-14(12)17(31)9-32(20)22(33)30-19/h1-4,6-7,12,14,17H,5,8-10H2/t12-,14-,17-/m0/s1. The number of rotatable bonds is 5. The number of benzene rings is 1. The monoisotopic (exact) mass is 492 g/mol. The SMILES string of the molecule is O=c1nc(OCc2cc(F)c(Oc3ccnc(C(F)(F)F)c3)c(F)c2)cc2n1C[C@H]1[C@H]3C[C@H]3CN21. The molecule has 0 spiro atoms. The fourth-order valence-electron chi connectivity index (χ4n) is 4.91. The number of hydrogen-bond acceptors (Lipinski definition) is 6. The van der Waals surface area contributed by atoms with E-state index in [9.17, 15) is 26.7 Å². The summed E-state index contributed by atoms with van der Waals surface area (Å²) < 4.78 is 79.7. The highest BCUT2D eigenvalue weighted by atomic mass is 19.4. The minimum absolute atomic E-state index is 0.0417. The molecule has 3 atom stereocenters. The van der Waals surface area contributed by atoms with Gasteiger partial charge in [-0.1, -0.05) is 0 Å². The lowest BCUT2D eigenvalue weighted by Crippen LogP contribution is -2.28. The number of pyridine rings is 1. The number of nitrogens with zero attached hydrogens (tertiary/aromatic N) is 4. The maximum absolute atomic E-state index is 14.6. The highest BCUT2D eigenvalue weighted by molar-refractivity contribution is 5.50. The van der Waals surface area contributed by atoms with E-state index in [0.29, 0.717) is 30.5 Å². The van der Waals surface area contributed by atoms with E-state index in [4.69, 9.17) is 9.47 Å². The number of halogens is 5. The number of anilines is 1. The molecule has 0 N–H and O–H groups in total. The van der Waals surface area contributed by atoms with E-state index >= 15 is 0 Å². The maximum atomic E-state index is 14.6. The van der Waals surface area contributed by atoms with Crippen LogP contribution in [0, 0.1) is 23.5 Å². The summed E-state index contributed by atoms with van der Waals surface area (Å²) in [5.41, 5.74) is -1.61. The fraction of sp³-hybridized carbons (Fsp3) is 0.348. The Labute approximate surface area is 194 Å². The molecule has 0 radical (unpaired) electrons. The molecule has 2 fully saturated rings. The predicted octanol–water partition coefficient (Wildman–Crippen LogP) is 4.14. The van der Waals surface area contributed by atoms with Gasteiger partial charge in [-0.2, -0.15) is 18.2 Å². The van der Waals surface area contributed by atoms with Crippen LogP contribution in [0.3, 0.4) is 0 Å². The minimum Gasteiger partial charge on any atom is -0.473 e. The third-order valence-corrected chi connectivity index (χ3v) is 6.62. The molecule has 2 aliphatic heterocycles. The average molecular weight is 492 g/mol. The topological polar surface area (TPSA) is 69.5 Å². The van der Waals surface area contributed by atoms with Gasteiger partial charge in [-0.3, -0.25) is 9.55 Å². The van der Waals surface area contributed by atoms with Crippen molar-refractivity contribution in [1.82, 2.24) is 14.5 Å². The van der Waals surface area contributed by atoms with Crippen molar-refractivity contribution in [2.75, 3.05) is 11.4 Å². The van der Waals surface area contributed by atoms with Gasteiger partial charge in [0.25, 0.3) is 0 Å². The number of aromatic nitrogens is 3. The van der Waals surface area contributed by atoms with Crippen LogP contribution in [0.15, 0.2) is 41.3 Å². The first-order chi connectivity index (χ1) is 16.7. The van der Waals surface area contributed by atoms with E-state index < -0.39 is 40.7 Å². The van der Waals surface area contributed by atoms with Gasteiger partial charge in [-0.15, -0.1) is 0 Å². The van der Waals surface area contributed by atoms with Crippen LogP contribution in [0.2, 0.25) is 0 Å². The summed E-state index contributed by atoms with van der Waals surface area (Å²) in [6.45, 7) is 1.20. The highest BCUT2D eigenvalue weighted by Gasteiger charge is 2.55. The second-order valence-corrected chi connectivity index (χ2v) is 8.88. The first-order valence-corrected chi connectivity index (χ1v) is 10.9. The van der Waals surface area contributed by atoms with Gasteiger partial charge in [0, 0.05) is 31.4 Å². The minimum atomic E-state index is -4.73. The summed E-state index contributed by atoms with van der Waals surface area (Å²) in [7, 11) is 0. The van der Waals surface area contributed by atoms with Crippen molar-refractivity contribution in [2.24, 2.45) is 11.8 Å². The molecule has 1 saturated carbocycles. The van der Waals surface area contributed by atoms with Crippen LogP contribution in [0.4, 0.5) is 27.8 Å². The van der Waals surface area contributed by atoms with Crippen LogP contribution in [0.25, 0.3) is 0 Å². The molecular formula is C23H17F5N4O3. The first kappa shape index (κ1) is 21.8. The van der Waals surface area contributed by atoms with Crippen molar-refractivity contribution < 1.29 is 31.4 Å². The number of fused-ring (bicyclic) bond motifs is 5. The maximum Gasteiger partial charge on any atom is 0.433 e. The molecule has 0 amide bonds. The summed E-state index contributed by atoms with van der Waals surface area (Å²) in [4.78, 5) is 21.7. The number of ether oxygens (including phenoxy) is 2. The van der Waals surface area contributed by atoms with E-state index in [-0.39, 0.29) is 18.1 Å². The van der Waals surface area contributed by atoms with Gasteiger partial charge in [0.05, 0.1) is 6.04 Å². The third-order valence-electron chi connectivity index (χ3n) is 6.62. The van der Waals surface area contributed by atoms with Gasteiger partial charge in [-0.25, -0.2) is 13.6 Å². The Morgan fingerprint density at radius 2 is 1.86 bits per heavy atom. The zero-order valence-corrected chi connectivity index (χ0v) is 17.9. The molecule has 182 valence electrons. The average Bonchev–Trinajstić information content (AvgIpc) is 3.33. The van der Waals surface area contributed by atoms with Crippen LogP contribution >= 0.6 is 0 Å². The summed E-state index contributed by atoms with van der Waals surface area (Å²) in [6.07, 6.45) is -2.72. The summed E-state index contributed by atoms with van der Waals surface area (Å²) >= 11 is 0. The molecule has 0 unspecified atom stereocenters. The quantitative estimate of drug-likeness (QED) is 0.499. The Bertz CT molecular complexity index is 1370. The van der Waals surface area contributed by atoms with E-state index in [2.05, 4.69) is 14.9 Å². The van der Waals surface area contributed by atoms with Crippen LogP contribution in [-0.2, 0) is 19.3 Å². The molecular weight excluding hydrogens is 475 g/mol. The molecule has 35 heavy (non-hydrogen) atoms.